The fourth-order valence-corrected chi connectivity index (χ4v) is 3.30. The summed E-state index contributed by atoms with van der Waals surface area (Å²) in [6, 6.07) is -1.44. The number of likely N-dealkylation sites (tertiary alicyclic amines) is 1. The minimum Gasteiger partial charge on any atom is -0.370 e. The second-order valence-corrected chi connectivity index (χ2v) is 6.60. The van der Waals surface area contributed by atoms with Crippen LogP contribution in [0.15, 0.2) is 4.99 Å². The van der Waals surface area contributed by atoms with Crippen molar-refractivity contribution in [3.05, 3.63) is 0 Å². The average Bonchev–Trinajstić information content (AvgIpc) is 3.13. The molecule has 7 N–H and O–H groups in total. The molecule has 1 unspecified atom stereocenters. The minimum atomic E-state index is -0.608. The maximum Gasteiger partial charge on any atom is 0.243 e. The van der Waals surface area contributed by atoms with Crippen molar-refractivity contribution >= 4 is 24.1 Å². The predicted octanol–water partition coefficient (Wildman–Crippen LogP) is -2.72. The molecule has 0 radical (unpaired) electrons. The van der Waals surface area contributed by atoms with E-state index in [1.807, 2.05) is 0 Å². The summed E-state index contributed by atoms with van der Waals surface area (Å²) in [7, 11) is 0. The highest BCUT2D eigenvalue weighted by Crippen LogP contribution is 2.19. The number of piperazine rings is 1. The molecule has 146 valence electrons. The molecule has 2 saturated heterocycles. The molecule has 3 atom stereocenters. The first-order valence-corrected chi connectivity index (χ1v) is 9.08. The molecule has 2 aliphatic rings. The summed E-state index contributed by atoms with van der Waals surface area (Å²) < 4.78 is 0. The molecular formula is C16H29N7O3. The lowest BCUT2D eigenvalue weighted by molar-refractivity contribution is -0.140. The molecule has 2 amide bonds. The molecule has 0 aromatic rings. The maximum atomic E-state index is 12.7. The number of hydrogen-bond acceptors (Lipinski definition) is 6. The van der Waals surface area contributed by atoms with Crippen LogP contribution in [-0.2, 0) is 14.4 Å². The van der Waals surface area contributed by atoms with Gasteiger partial charge >= 0.3 is 0 Å². The van der Waals surface area contributed by atoms with Gasteiger partial charge in [-0.1, -0.05) is 0 Å². The zero-order chi connectivity index (χ0) is 18.9. The van der Waals surface area contributed by atoms with Gasteiger partial charge in [-0.15, -0.1) is 0 Å². The highest BCUT2D eigenvalue weighted by molar-refractivity contribution is 5.91. The van der Waals surface area contributed by atoms with Gasteiger partial charge in [-0.3, -0.25) is 14.6 Å². The first kappa shape index (κ1) is 20.1. The highest BCUT2D eigenvalue weighted by atomic mass is 16.2. The van der Waals surface area contributed by atoms with Crippen LogP contribution in [0.1, 0.15) is 25.7 Å². The topological polar surface area (TPSA) is 155 Å². The van der Waals surface area contributed by atoms with Crippen LogP contribution in [0.5, 0.6) is 0 Å². The molecule has 0 saturated carbocycles. The second-order valence-electron chi connectivity index (χ2n) is 6.60. The van der Waals surface area contributed by atoms with Crippen LogP contribution in [-0.4, -0.2) is 79.8 Å². The van der Waals surface area contributed by atoms with Crippen molar-refractivity contribution in [1.82, 2.24) is 20.9 Å². The van der Waals surface area contributed by atoms with Gasteiger partial charge in [0, 0.05) is 32.7 Å². The molecule has 10 nitrogen and oxygen atoms in total. The molecule has 2 fully saturated rings. The molecule has 2 aliphatic heterocycles. The Morgan fingerprint density at radius 1 is 1.35 bits per heavy atom. The van der Waals surface area contributed by atoms with E-state index in [4.69, 9.17) is 11.5 Å². The van der Waals surface area contributed by atoms with Crippen molar-refractivity contribution in [2.45, 2.75) is 43.8 Å². The Labute approximate surface area is 153 Å². The zero-order valence-corrected chi connectivity index (χ0v) is 14.9. The van der Waals surface area contributed by atoms with Crippen LogP contribution in [0.4, 0.5) is 0 Å². The average molecular weight is 367 g/mol. The van der Waals surface area contributed by atoms with Crippen molar-refractivity contribution < 1.29 is 14.4 Å². The Kier molecular flexibility index (Phi) is 7.79. The van der Waals surface area contributed by atoms with Crippen molar-refractivity contribution in [3.8, 4) is 0 Å². The van der Waals surface area contributed by atoms with E-state index in [9.17, 15) is 14.4 Å². The quantitative estimate of drug-likeness (QED) is 0.135. The molecule has 10 heteroatoms. The lowest BCUT2D eigenvalue weighted by Crippen LogP contribution is -2.59. The van der Waals surface area contributed by atoms with Crippen molar-refractivity contribution in [3.63, 3.8) is 0 Å². The Morgan fingerprint density at radius 3 is 2.81 bits per heavy atom. The summed E-state index contributed by atoms with van der Waals surface area (Å²) in [6.07, 6.45) is 3.12. The molecule has 0 aromatic carbocycles. The van der Waals surface area contributed by atoms with E-state index in [1.54, 1.807) is 4.90 Å². The Morgan fingerprint density at radius 2 is 2.15 bits per heavy atom. The monoisotopic (exact) mass is 367 g/mol. The van der Waals surface area contributed by atoms with Crippen LogP contribution in [0.3, 0.4) is 0 Å². The fraction of sp³-hybridized carbons (Fsp3) is 0.750. The molecule has 26 heavy (non-hydrogen) atoms. The number of nitrogens with zero attached hydrogens (tertiary/aromatic N) is 2. The van der Waals surface area contributed by atoms with E-state index in [0.29, 0.717) is 45.2 Å². The lowest BCUT2D eigenvalue weighted by Gasteiger charge is -2.31. The van der Waals surface area contributed by atoms with Gasteiger partial charge in [0.15, 0.2) is 5.96 Å². The standard InChI is InChI=1S/C16H29N7O3/c17-16(18)21-5-1-3-11(10-24)22-14(25)13-4-2-8-23(13)15(26)12-9-19-6-7-20-12/h10-13,19-20H,1-9H2,(H,22,25)(H4,17,18,21)/t11-,12?,13-/m0/s1. The van der Waals surface area contributed by atoms with Crippen molar-refractivity contribution in [2.75, 3.05) is 32.7 Å². The smallest absolute Gasteiger partial charge is 0.243 e. The Hall–Kier alpha value is -2.20. The minimum absolute atomic E-state index is 0.00242. The summed E-state index contributed by atoms with van der Waals surface area (Å²) in [4.78, 5) is 42.0. The SMILES string of the molecule is NC(N)=NCCC[C@@H](C=O)NC(=O)[C@@H]1CCCN1C(=O)C1CNCCN1. The van der Waals surface area contributed by atoms with Gasteiger partial charge in [-0.2, -0.15) is 0 Å². The third kappa shape index (κ3) is 5.67. The van der Waals surface area contributed by atoms with E-state index >= 15 is 0 Å². The first-order valence-electron chi connectivity index (χ1n) is 9.08. The third-order valence-electron chi connectivity index (χ3n) is 4.64. The first-order chi connectivity index (χ1) is 12.5. The van der Waals surface area contributed by atoms with Gasteiger partial charge in [-0.05, 0) is 25.7 Å². The number of amides is 2. The molecular weight excluding hydrogens is 338 g/mol. The van der Waals surface area contributed by atoms with Gasteiger partial charge in [0.05, 0.1) is 12.1 Å². The van der Waals surface area contributed by atoms with E-state index in [0.717, 1.165) is 19.5 Å². The number of aldehydes is 1. The number of hydrogen-bond donors (Lipinski definition) is 5. The summed E-state index contributed by atoms with van der Waals surface area (Å²) in [5, 5.41) is 9.09. The third-order valence-corrected chi connectivity index (χ3v) is 4.64. The van der Waals surface area contributed by atoms with E-state index < -0.39 is 12.1 Å². The van der Waals surface area contributed by atoms with E-state index in [-0.39, 0.29) is 23.8 Å². The number of carbonyl (C=O) groups excluding carboxylic acids is 3. The van der Waals surface area contributed by atoms with Crippen LogP contribution in [0, 0.1) is 0 Å². The molecule has 0 spiro atoms. The van der Waals surface area contributed by atoms with Gasteiger partial charge in [-0.25, -0.2) is 0 Å². The fourth-order valence-electron chi connectivity index (χ4n) is 3.30. The highest BCUT2D eigenvalue weighted by Gasteiger charge is 2.37. The lowest BCUT2D eigenvalue weighted by atomic mass is 10.1. The van der Waals surface area contributed by atoms with Crippen molar-refractivity contribution in [2.24, 2.45) is 16.5 Å². The predicted molar refractivity (Wildman–Crippen MR) is 97.3 cm³/mol. The maximum absolute atomic E-state index is 12.7. The number of nitrogens with one attached hydrogen (secondary N) is 3. The molecule has 2 heterocycles. The summed E-state index contributed by atoms with van der Waals surface area (Å²) in [6.45, 7) is 3.08. The molecule has 0 bridgehead atoms. The number of rotatable bonds is 8. The number of aliphatic imine (C=N–C) groups is 1. The normalized spacial score (nSPS) is 23.9. The van der Waals surface area contributed by atoms with Crippen LogP contribution in [0.2, 0.25) is 0 Å². The summed E-state index contributed by atoms with van der Waals surface area (Å²) in [5.41, 5.74) is 10.5. The Balaban J connectivity index is 1.86. The van der Waals surface area contributed by atoms with Gasteiger partial charge in [0.1, 0.15) is 12.3 Å². The van der Waals surface area contributed by atoms with E-state index in [1.165, 1.54) is 0 Å². The van der Waals surface area contributed by atoms with Gasteiger partial charge in [0.25, 0.3) is 0 Å². The molecule has 0 aromatic heterocycles. The Bertz CT molecular complexity index is 530. The van der Waals surface area contributed by atoms with Gasteiger partial charge in [0.2, 0.25) is 11.8 Å². The number of nitrogens with two attached hydrogens (primary N) is 2. The van der Waals surface area contributed by atoms with Crippen LogP contribution < -0.4 is 27.4 Å². The van der Waals surface area contributed by atoms with E-state index in [2.05, 4.69) is 20.9 Å². The molecule has 0 aliphatic carbocycles. The van der Waals surface area contributed by atoms with Gasteiger partial charge < -0.3 is 37.1 Å². The zero-order valence-electron chi connectivity index (χ0n) is 14.9. The van der Waals surface area contributed by atoms with Crippen LogP contribution >= 0.6 is 0 Å². The largest absolute Gasteiger partial charge is 0.370 e. The summed E-state index contributed by atoms with van der Waals surface area (Å²) >= 11 is 0. The van der Waals surface area contributed by atoms with Crippen molar-refractivity contribution in [1.29, 1.82) is 0 Å². The molecule has 2 rings (SSSR count). The summed E-state index contributed by atoms with van der Waals surface area (Å²) in [5.74, 6) is -0.341. The number of carbonyl (C=O) groups is 3. The number of guanidine groups is 1. The van der Waals surface area contributed by atoms with Crippen LogP contribution in [0.25, 0.3) is 0 Å². The second kappa shape index (κ2) is 10.1.